The average Bonchev–Trinajstić information content (AvgIpc) is 2.79. The van der Waals surface area contributed by atoms with Gasteiger partial charge in [0.15, 0.2) is 6.61 Å². The summed E-state index contributed by atoms with van der Waals surface area (Å²) in [7, 11) is 0. The third kappa shape index (κ3) is 6.46. The SMILES string of the molecule is O=C(COC(=O)c1cc([N+](=O)[O-])ccc1NCCO)NNC(=O)c1ccc([N+](=O)[O-])cc1. The molecule has 0 saturated heterocycles. The number of nitro groups is 2. The molecule has 0 atom stereocenters. The number of carbonyl (C=O) groups excluding carboxylic acids is 3. The van der Waals surface area contributed by atoms with Crippen molar-refractivity contribution in [3.05, 3.63) is 73.8 Å². The summed E-state index contributed by atoms with van der Waals surface area (Å²) < 4.78 is 4.82. The molecule has 2 aromatic rings. The van der Waals surface area contributed by atoms with Gasteiger partial charge in [-0.3, -0.25) is 40.7 Å². The number of non-ortho nitro benzene ring substituents is 2. The Morgan fingerprint density at radius 2 is 1.56 bits per heavy atom. The second-order valence-electron chi connectivity index (χ2n) is 6.02. The number of nitro benzene ring substituents is 2. The van der Waals surface area contributed by atoms with E-state index in [-0.39, 0.29) is 41.3 Å². The number of amides is 2. The molecule has 4 N–H and O–H groups in total. The van der Waals surface area contributed by atoms with E-state index >= 15 is 0 Å². The average molecular weight is 447 g/mol. The zero-order valence-electron chi connectivity index (χ0n) is 16.3. The number of hydrogen-bond acceptors (Lipinski definition) is 10. The van der Waals surface area contributed by atoms with Crippen LogP contribution < -0.4 is 16.2 Å². The van der Waals surface area contributed by atoms with Crippen LogP contribution in [0.15, 0.2) is 42.5 Å². The molecule has 0 heterocycles. The number of anilines is 1. The van der Waals surface area contributed by atoms with Crippen LogP contribution in [-0.4, -0.2) is 52.5 Å². The maximum Gasteiger partial charge on any atom is 0.341 e. The lowest BCUT2D eigenvalue weighted by atomic mass is 10.1. The number of aliphatic hydroxyl groups is 1. The molecule has 14 nitrogen and oxygen atoms in total. The van der Waals surface area contributed by atoms with Gasteiger partial charge in [-0.05, 0) is 18.2 Å². The summed E-state index contributed by atoms with van der Waals surface area (Å²) in [6.45, 7) is -1.02. The molecule has 0 aromatic heterocycles. The van der Waals surface area contributed by atoms with E-state index in [0.717, 1.165) is 24.3 Å². The zero-order valence-corrected chi connectivity index (χ0v) is 16.3. The highest BCUT2D eigenvalue weighted by Crippen LogP contribution is 2.23. The van der Waals surface area contributed by atoms with Crippen LogP contribution in [0.5, 0.6) is 0 Å². The second kappa shape index (κ2) is 11.0. The minimum atomic E-state index is -1.05. The lowest BCUT2D eigenvalue weighted by Crippen LogP contribution is -2.43. The highest BCUT2D eigenvalue weighted by molar-refractivity contribution is 5.98. The minimum absolute atomic E-state index is 0.0316. The Kier molecular flexibility index (Phi) is 8.13. The van der Waals surface area contributed by atoms with Crippen LogP contribution in [0.25, 0.3) is 0 Å². The van der Waals surface area contributed by atoms with Gasteiger partial charge in [-0.1, -0.05) is 0 Å². The summed E-state index contributed by atoms with van der Waals surface area (Å²) in [4.78, 5) is 56.3. The first-order valence-corrected chi connectivity index (χ1v) is 8.87. The molecular formula is C18H17N5O9. The molecule has 0 spiro atoms. The molecule has 0 aliphatic heterocycles. The fourth-order valence-corrected chi connectivity index (χ4v) is 2.34. The van der Waals surface area contributed by atoms with Gasteiger partial charge in [0.2, 0.25) is 0 Å². The molecule has 0 aliphatic rings. The van der Waals surface area contributed by atoms with Gasteiger partial charge in [-0.2, -0.15) is 0 Å². The molecule has 0 radical (unpaired) electrons. The van der Waals surface area contributed by atoms with Crippen LogP contribution in [-0.2, 0) is 9.53 Å². The first-order valence-electron chi connectivity index (χ1n) is 8.87. The summed E-state index contributed by atoms with van der Waals surface area (Å²) >= 11 is 0. The Labute approximate surface area is 179 Å². The standard InChI is InChI=1S/C18H17N5O9/c24-8-7-19-15-6-5-13(23(30)31)9-14(15)18(27)32-10-16(25)20-21-17(26)11-1-3-12(4-2-11)22(28)29/h1-6,9,19,24H,7-8,10H2,(H,20,25)(H,21,26). The van der Waals surface area contributed by atoms with Crippen molar-refractivity contribution in [2.24, 2.45) is 0 Å². The monoisotopic (exact) mass is 447 g/mol. The Bertz CT molecular complexity index is 1040. The molecule has 2 rings (SSSR count). The summed E-state index contributed by atoms with van der Waals surface area (Å²) in [5.41, 5.74) is 3.40. The molecule has 0 saturated carbocycles. The van der Waals surface area contributed by atoms with Gasteiger partial charge in [0.1, 0.15) is 0 Å². The third-order valence-corrected chi connectivity index (χ3v) is 3.85. The number of hydrogen-bond donors (Lipinski definition) is 4. The Hall–Kier alpha value is -4.59. The predicted molar refractivity (Wildman–Crippen MR) is 108 cm³/mol. The van der Waals surface area contributed by atoms with Crippen molar-refractivity contribution in [1.82, 2.24) is 10.9 Å². The number of benzene rings is 2. The molecule has 32 heavy (non-hydrogen) atoms. The number of esters is 1. The van der Waals surface area contributed by atoms with Crippen molar-refractivity contribution in [3.63, 3.8) is 0 Å². The number of hydrazine groups is 1. The van der Waals surface area contributed by atoms with Crippen LogP contribution in [0.3, 0.4) is 0 Å². The van der Waals surface area contributed by atoms with Crippen molar-refractivity contribution in [2.75, 3.05) is 25.1 Å². The largest absolute Gasteiger partial charge is 0.452 e. The topological polar surface area (TPSA) is 203 Å². The Morgan fingerprint density at radius 3 is 2.16 bits per heavy atom. The third-order valence-electron chi connectivity index (χ3n) is 3.85. The van der Waals surface area contributed by atoms with Gasteiger partial charge >= 0.3 is 5.97 Å². The van der Waals surface area contributed by atoms with Gasteiger partial charge in [-0.15, -0.1) is 0 Å². The zero-order chi connectivity index (χ0) is 23.7. The molecule has 0 unspecified atom stereocenters. The molecule has 0 fully saturated rings. The number of aliphatic hydroxyl groups excluding tert-OH is 1. The highest BCUT2D eigenvalue weighted by Gasteiger charge is 2.19. The van der Waals surface area contributed by atoms with Gasteiger partial charge in [0.25, 0.3) is 23.2 Å². The van der Waals surface area contributed by atoms with Gasteiger partial charge in [0, 0.05) is 42.1 Å². The predicted octanol–water partition coefficient (Wildman–Crippen LogP) is 0.525. The van der Waals surface area contributed by atoms with Crippen LogP contribution >= 0.6 is 0 Å². The molecular weight excluding hydrogens is 430 g/mol. The number of nitrogens with zero attached hydrogens (tertiary/aromatic N) is 2. The first kappa shape index (κ1) is 23.7. The maximum atomic E-state index is 12.3. The van der Waals surface area contributed by atoms with Gasteiger partial charge < -0.3 is 15.2 Å². The summed E-state index contributed by atoms with van der Waals surface area (Å²) in [6.07, 6.45) is 0. The van der Waals surface area contributed by atoms with Crippen LogP contribution in [0.1, 0.15) is 20.7 Å². The lowest BCUT2D eigenvalue weighted by molar-refractivity contribution is -0.385. The Balaban J connectivity index is 1.93. The van der Waals surface area contributed by atoms with Crippen LogP contribution in [0.4, 0.5) is 17.1 Å². The molecule has 168 valence electrons. The fraction of sp³-hybridized carbons (Fsp3) is 0.167. The number of ether oxygens (including phenoxy) is 1. The Morgan fingerprint density at radius 1 is 0.938 bits per heavy atom. The van der Waals surface area contributed by atoms with Crippen molar-refractivity contribution < 1.29 is 34.1 Å². The van der Waals surface area contributed by atoms with E-state index in [0.29, 0.717) is 0 Å². The van der Waals surface area contributed by atoms with Crippen molar-refractivity contribution >= 4 is 34.8 Å². The lowest BCUT2D eigenvalue weighted by Gasteiger charge is -2.11. The van der Waals surface area contributed by atoms with E-state index in [1.807, 2.05) is 10.9 Å². The number of rotatable bonds is 9. The van der Waals surface area contributed by atoms with Crippen molar-refractivity contribution in [2.45, 2.75) is 0 Å². The minimum Gasteiger partial charge on any atom is -0.452 e. The normalized spacial score (nSPS) is 10.0. The van der Waals surface area contributed by atoms with E-state index in [4.69, 9.17) is 9.84 Å². The summed E-state index contributed by atoms with van der Waals surface area (Å²) in [5.74, 6) is -2.73. The van der Waals surface area contributed by atoms with E-state index in [1.54, 1.807) is 0 Å². The molecule has 2 amide bonds. The smallest absolute Gasteiger partial charge is 0.341 e. The van der Waals surface area contributed by atoms with Crippen molar-refractivity contribution in [3.8, 4) is 0 Å². The van der Waals surface area contributed by atoms with Gasteiger partial charge in [0.05, 0.1) is 22.0 Å². The van der Waals surface area contributed by atoms with Crippen LogP contribution in [0.2, 0.25) is 0 Å². The molecule has 14 heteroatoms. The van der Waals surface area contributed by atoms with Crippen LogP contribution in [0, 0.1) is 20.2 Å². The fourth-order valence-electron chi connectivity index (χ4n) is 2.34. The summed E-state index contributed by atoms with van der Waals surface area (Å²) in [5, 5.41) is 33.1. The number of carbonyl (C=O) groups is 3. The molecule has 2 aromatic carbocycles. The highest BCUT2D eigenvalue weighted by atomic mass is 16.6. The molecule has 0 aliphatic carbocycles. The maximum absolute atomic E-state index is 12.3. The van der Waals surface area contributed by atoms with Gasteiger partial charge in [-0.25, -0.2) is 4.79 Å². The van der Waals surface area contributed by atoms with Crippen molar-refractivity contribution in [1.29, 1.82) is 0 Å². The first-order chi connectivity index (χ1) is 15.2. The van der Waals surface area contributed by atoms with E-state index < -0.39 is 34.2 Å². The quantitative estimate of drug-likeness (QED) is 0.238. The molecule has 0 bridgehead atoms. The summed E-state index contributed by atoms with van der Waals surface area (Å²) in [6, 6.07) is 7.95. The van der Waals surface area contributed by atoms with E-state index in [2.05, 4.69) is 5.32 Å². The number of nitrogens with one attached hydrogen (secondary N) is 3. The van der Waals surface area contributed by atoms with E-state index in [9.17, 15) is 34.6 Å². The van der Waals surface area contributed by atoms with E-state index in [1.165, 1.54) is 18.2 Å². The second-order valence-corrected chi connectivity index (χ2v) is 6.02.